The number of amidine groups is 1. The highest BCUT2D eigenvalue weighted by Gasteiger charge is 2.55. The van der Waals surface area contributed by atoms with Crippen LogP contribution in [0.1, 0.15) is 51.4 Å². The van der Waals surface area contributed by atoms with Crippen LogP contribution >= 0.6 is 11.6 Å². The van der Waals surface area contributed by atoms with E-state index in [1.807, 2.05) is 0 Å². The van der Waals surface area contributed by atoms with Gasteiger partial charge >= 0.3 is 0 Å². The summed E-state index contributed by atoms with van der Waals surface area (Å²) in [6.45, 7) is 0. The minimum absolute atomic E-state index is 0.160. The number of hydrogen-bond acceptors (Lipinski definition) is 3. The van der Waals surface area contributed by atoms with Gasteiger partial charge in [0.1, 0.15) is 11.4 Å². The summed E-state index contributed by atoms with van der Waals surface area (Å²) < 4.78 is 0. The second-order valence-electron chi connectivity index (χ2n) is 6.26. The maximum Gasteiger partial charge on any atom is 0.129 e. The second kappa shape index (κ2) is 4.68. The fourth-order valence-electron chi connectivity index (χ4n) is 4.28. The number of halogens is 1. The van der Waals surface area contributed by atoms with E-state index in [1.165, 1.54) is 19.3 Å². The molecule has 2 saturated carbocycles. The van der Waals surface area contributed by atoms with Gasteiger partial charge in [-0.1, -0.05) is 19.3 Å². The van der Waals surface area contributed by atoms with Crippen molar-refractivity contribution < 1.29 is 5.11 Å². The molecule has 4 unspecified atom stereocenters. The van der Waals surface area contributed by atoms with Gasteiger partial charge in [0, 0.05) is 11.3 Å². The number of rotatable bonds is 1. The zero-order valence-corrected chi connectivity index (χ0v) is 11.6. The lowest BCUT2D eigenvalue weighted by Crippen LogP contribution is -2.55. The van der Waals surface area contributed by atoms with Gasteiger partial charge < -0.3 is 10.8 Å². The third-order valence-electron chi connectivity index (χ3n) is 5.26. The first-order valence-electron chi connectivity index (χ1n) is 7.32. The van der Waals surface area contributed by atoms with Crippen molar-refractivity contribution in [2.75, 3.05) is 0 Å². The van der Waals surface area contributed by atoms with Crippen LogP contribution in [0.25, 0.3) is 0 Å². The number of hydrogen-bond donors (Lipinski definition) is 2. The standard InChI is InChI=1S/C14H23ClN2O/c15-10-6-7-11-12(8-10)17-13(16)14(11,18)9-4-2-1-3-5-9/h9-12,18H,1-8H2,(H2,16,17). The van der Waals surface area contributed by atoms with Crippen molar-refractivity contribution in [1.29, 1.82) is 0 Å². The van der Waals surface area contributed by atoms with Crippen molar-refractivity contribution in [1.82, 2.24) is 0 Å². The molecule has 0 aromatic rings. The van der Waals surface area contributed by atoms with E-state index in [9.17, 15) is 5.11 Å². The Morgan fingerprint density at radius 2 is 1.89 bits per heavy atom. The maximum absolute atomic E-state index is 11.2. The minimum Gasteiger partial charge on any atom is -0.385 e. The molecular formula is C14H23ClN2O. The molecule has 102 valence electrons. The first kappa shape index (κ1) is 12.7. The lowest BCUT2D eigenvalue weighted by atomic mass is 9.66. The molecule has 2 aliphatic carbocycles. The number of alkyl halides is 1. The molecule has 1 aliphatic heterocycles. The van der Waals surface area contributed by atoms with Crippen molar-refractivity contribution >= 4 is 17.4 Å². The summed E-state index contributed by atoms with van der Waals surface area (Å²) in [6, 6.07) is 0.160. The monoisotopic (exact) mass is 270 g/mol. The Bertz CT molecular complexity index is 354. The third-order valence-corrected chi connectivity index (χ3v) is 5.66. The second-order valence-corrected chi connectivity index (χ2v) is 6.88. The lowest BCUT2D eigenvalue weighted by molar-refractivity contribution is -0.0291. The molecule has 18 heavy (non-hydrogen) atoms. The van der Waals surface area contributed by atoms with Gasteiger partial charge in [0.15, 0.2) is 0 Å². The summed E-state index contributed by atoms with van der Waals surface area (Å²) >= 11 is 6.22. The number of aliphatic hydroxyl groups is 1. The third kappa shape index (κ3) is 1.87. The Labute approximate surface area is 114 Å². The molecule has 4 heteroatoms. The lowest BCUT2D eigenvalue weighted by Gasteiger charge is -2.42. The van der Waals surface area contributed by atoms with Gasteiger partial charge in [0.05, 0.1) is 6.04 Å². The molecule has 3 rings (SSSR count). The number of nitrogens with two attached hydrogens (primary N) is 1. The van der Waals surface area contributed by atoms with Crippen molar-refractivity contribution in [2.45, 2.75) is 68.4 Å². The topological polar surface area (TPSA) is 58.6 Å². The number of nitrogens with zero attached hydrogens (tertiary/aromatic N) is 1. The van der Waals surface area contributed by atoms with Gasteiger partial charge in [-0.25, -0.2) is 0 Å². The summed E-state index contributed by atoms with van der Waals surface area (Å²) in [5, 5.41) is 11.4. The van der Waals surface area contributed by atoms with Crippen LogP contribution in [0.4, 0.5) is 0 Å². The van der Waals surface area contributed by atoms with Crippen molar-refractivity contribution in [2.24, 2.45) is 22.6 Å². The summed E-state index contributed by atoms with van der Waals surface area (Å²) in [7, 11) is 0. The van der Waals surface area contributed by atoms with Gasteiger partial charge in [-0.3, -0.25) is 4.99 Å². The predicted molar refractivity (Wildman–Crippen MR) is 73.9 cm³/mol. The van der Waals surface area contributed by atoms with Crippen LogP contribution in [0.15, 0.2) is 4.99 Å². The van der Waals surface area contributed by atoms with Gasteiger partial charge in [0.2, 0.25) is 0 Å². The van der Waals surface area contributed by atoms with Gasteiger partial charge in [-0.15, -0.1) is 11.6 Å². The molecule has 3 N–H and O–H groups in total. The number of aliphatic imine (C=N–C) groups is 1. The van der Waals surface area contributed by atoms with Crippen LogP contribution in [0, 0.1) is 11.8 Å². The van der Waals surface area contributed by atoms with Crippen LogP contribution in [0.5, 0.6) is 0 Å². The summed E-state index contributed by atoms with van der Waals surface area (Å²) in [5.74, 6) is 1.03. The Morgan fingerprint density at radius 1 is 1.17 bits per heavy atom. The molecule has 0 saturated heterocycles. The van der Waals surface area contributed by atoms with Crippen LogP contribution in [0.2, 0.25) is 0 Å². The van der Waals surface area contributed by atoms with Crippen LogP contribution < -0.4 is 5.73 Å². The molecule has 0 radical (unpaired) electrons. The first-order chi connectivity index (χ1) is 8.62. The zero-order valence-electron chi connectivity index (χ0n) is 10.8. The molecule has 0 amide bonds. The average molecular weight is 271 g/mol. The Kier molecular flexibility index (Phi) is 3.31. The molecule has 0 aromatic carbocycles. The maximum atomic E-state index is 11.2. The van der Waals surface area contributed by atoms with E-state index in [-0.39, 0.29) is 17.3 Å². The molecule has 4 atom stereocenters. The van der Waals surface area contributed by atoms with E-state index in [0.29, 0.717) is 11.8 Å². The summed E-state index contributed by atoms with van der Waals surface area (Å²) in [5.41, 5.74) is 5.27. The predicted octanol–water partition coefficient (Wildman–Crippen LogP) is 2.44. The normalized spacial score (nSPS) is 45.7. The van der Waals surface area contributed by atoms with Crippen molar-refractivity contribution in [3.63, 3.8) is 0 Å². The van der Waals surface area contributed by atoms with E-state index in [0.717, 1.165) is 32.1 Å². The molecular weight excluding hydrogens is 248 g/mol. The quantitative estimate of drug-likeness (QED) is 0.719. The van der Waals surface area contributed by atoms with E-state index >= 15 is 0 Å². The van der Waals surface area contributed by atoms with Crippen molar-refractivity contribution in [3.8, 4) is 0 Å². The van der Waals surface area contributed by atoms with Gasteiger partial charge in [-0.2, -0.15) is 0 Å². The van der Waals surface area contributed by atoms with E-state index in [4.69, 9.17) is 17.3 Å². The molecule has 0 aromatic heterocycles. The highest BCUT2D eigenvalue weighted by atomic mass is 35.5. The molecule has 0 spiro atoms. The van der Waals surface area contributed by atoms with E-state index in [1.54, 1.807) is 0 Å². The Morgan fingerprint density at radius 3 is 2.61 bits per heavy atom. The van der Waals surface area contributed by atoms with Crippen LogP contribution in [-0.4, -0.2) is 28.0 Å². The molecule has 1 heterocycles. The molecule has 2 fully saturated rings. The van der Waals surface area contributed by atoms with Crippen LogP contribution in [0.3, 0.4) is 0 Å². The molecule has 3 aliphatic rings. The van der Waals surface area contributed by atoms with E-state index < -0.39 is 5.60 Å². The smallest absolute Gasteiger partial charge is 0.129 e. The Hall–Kier alpha value is -0.280. The minimum atomic E-state index is -0.831. The SMILES string of the molecule is NC1=NC2CC(Cl)CCC2C1(O)C1CCCCC1. The summed E-state index contributed by atoms with van der Waals surface area (Å²) in [4.78, 5) is 4.55. The van der Waals surface area contributed by atoms with E-state index in [2.05, 4.69) is 4.99 Å². The molecule has 0 bridgehead atoms. The molecule has 3 nitrogen and oxygen atoms in total. The van der Waals surface area contributed by atoms with Gasteiger partial charge in [-0.05, 0) is 38.0 Å². The fourth-order valence-corrected chi connectivity index (χ4v) is 4.59. The largest absolute Gasteiger partial charge is 0.385 e. The zero-order chi connectivity index (χ0) is 12.8. The fraction of sp³-hybridized carbons (Fsp3) is 0.929. The van der Waals surface area contributed by atoms with Gasteiger partial charge in [0.25, 0.3) is 0 Å². The first-order valence-corrected chi connectivity index (χ1v) is 7.76. The number of fused-ring (bicyclic) bond motifs is 1. The summed E-state index contributed by atoms with van der Waals surface area (Å²) in [6.07, 6.45) is 8.76. The highest BCUT2D eigenvalue weighted by molar-refractivity contribution is 6.20. The Balaban J connectivity index is 1.84. The van der Waals surface area contributed by atoms with Crippen molar-refractivity contribution in [3.05, 3.63) is 0 Å². The van der Waals surface area contributed by atoms with Crippen LogP contribution in [-0.2, 0) is 0 Å². The highest BCUT2D eigenvalue weighted by Crippen LogP contribution is 2.48. The average Bonchev–Trinajstić information content (AvgIpc) is 2.63.